The molecule has 0 saturated carbocycles. The molecule has 110 valence electrons. The van der Waals surface area contributed by atoms with Crippen LogP contribution in [0.4, 0.5) is 5.69 Å². The van der Waals surface area contributed by atoms with Crippen LogP contribution in [0.15, 0.2) is 24.3 Å². The third-order valence-corrected chi connectivity index (χ3v) is 3.56. The molecule has 20 heavy (non-hydrogen) atoms. The Morgan fingerprint density at radius 2 is 2.25 bits per heavy atom. The van der Waals surface area contributed by atoms with Crippen molar-refractivity contribution in [3.8, 4) is 5.75 Å². The number of anilines is 1. The molecule has 0 radical (unpaired) electrons. The van der Waals surface area contributed by atoms with Crippen LogP contribution in [0.3, 0.4) is 0 Å². The first-order valence-corrected chi connectivity index (χ1v) is 6.98. The van der Waals surface area contributed by atoms with Gasteiger partial charge in [-0.05, 0) is 25.0 Å². The summed E-state index contributed by atoms with van der Waals surface area (Å²) in [5.74, 6) is 0.745. The molecule has 1 heterocycles. The number of hydrogen-bond acceptors (Lipinski definition) is 4. The van der Waals surface area contributed by atoms with Crippen LogP contribution in [0.25, 0.3) is 0 Å². The van der Waals surface area contributed by atoms with Gasteiger partial charge in [0.2, 0.25) is 5.91 Å². The van der Waals surface area contributed by atoms with Gasteiger partial charge in [-0.3, -0.25) is 4.79 Å². The number of amides is 1. The molecule has 1 unspecified atom stereocenters. The lowest BCUT2D eigenvalue weighted by atomic mass is 10.1. The number of rotatable bonds is 5. The predicted octanol–water partition coefficient (Wildman–Crippen LogP) is 1.68. The van der Waals surface area contributed by atoms with Crippen molar-refractivity contribution in [2.24, 2.45) is 0 Å². The third kappa shape index (κ3) is 3.87. The van der Waals surface area contributed by atoms with Gasteiger partial charge in [0.25, 0.3) is 0 Å². The molecule has 0 spiro atoms. The van der Waals surface area contributed by atoms with E-state index in [9.17, 15) is 4.79 Å². The predicted molar refractivity (Wildman–Crippen MR) is 77.6 cm³/mol. The summed E-state index contributed by atoms with van der Waals surface area (Å²) in [6, 6.07) is 7.31. The molecule has 1 aromatic carbocycles. The Balaban J connectivity index is 1.76. The maximum Gasteiger partial charge on any atom is 0.226 e. The van der Waals surface area contributed by atoms with Gasteiger partial charge in [-0.2, -0.15) is 0 Å². The number of nitrogens with zero attached hydrogens (tertiary/aromatic N) is 1. The number of benzene rings is 1. The summed E-state index contributed by atoms with van der Waals surface area (Å²) >= 11 is 0. The molecule has 1 fully saturated rings. The molecule has 0 aromatic heterocycles. The van der Waals surface area contributed by atoms with Crippen molar-refractivity contribution in [1.82, 2.24) is 4.90 Å². The Hall–Kier alpha value is -1.75. The lowest BCUT2D eigenvalue weighted by molar-refractivity contribution is -0.135. The number of hydrogen-bond donors (Lipinski definition) is 1. The first-order valence-electron chi connectivity index (χ1n) is 6.98. The minimum atomic E-state index is 0.112. The van der Waals surface area contributed by atoms with Crippen molar-refractivity contribution in [2.75, 3.05) is 32.5 Å². The van der Waals surface area contributed by atoms with E-state index in [4.69, 9.17) is 15.2 Å². The Morgan fingerprint density at radius 1 is 1.45 bits per heavy atom. The number of carbonyl (C=O) groups is 1. The lowest BCUT2D eigenvalue weighted by Crippen LogP contribution is -2.43. The van der Waals surface area contributed by atoms with Gasteiger partial charge in [-0.1, -0.05) is 12.1 Å². The molecule has 2 N–H and O–H groups in total. The Kier molecular flexibility index (Phi) is 5.24. The number of carbonyl (C=O) groups excluding carboxylic acids is 1. The van der Waals surface area contributed by atoms with E-state index in [1.807, 2.05) is 23.1 Å². The van der Waals surface area contributed by atoms with Crippen molar-refractivity contribution in [3.05, 3.63) is 24.3 Å². The average Bonchev–Trinajstić information content (AvgIpc) is 2.49. The highest BCUT2D eigenvalue weighted by Crippen LogP contribution is 2.20. The van der Waals surface area contributed by atoms with Crippen molar-refractivity contribution < 1.29 is 14.3 Å². The second-order valence-corrected chi connectivity index (χ2v) is 4.98. The highest BCUT2D eigenvalue weighted by atomic mass is 16.5. The summed E-state index contributed by atoms with van der Waals surface area (Å²) in [6.07, 6.45) is 2.55. The topological polar surface area (TPSA) is 64.8 Å². The normalized spacial score (nSPS) is 18.9. The molecule has 1 atom stereocenters. The summed E-state index contributed by atoms with van der Waals surface area (Å²) in [5, 5.41) is 0. The molecular weight excluding hydrogens is 256 g/mol. The van der Waals surface area contributed by atoms with Crippen LogP contribution in [0, 0.1) is 0 Å². The number of piperidine rings is 1. The van der Waals surface area contributed by atoms with Gasteiger partial charge < -0.3 is 20.1 Å². The zero-order chi connectivity index (χ0) is 14.4. The number of nitrogens with two attached hydrogens (primary N) is 1. The van der Waals surface area contributed by atoms with Crippen LogP contribution in [-0.4, -0.2) is 43.7 Å². The smallest absolute Gasteiger partial charge is 0.226 e. The Morgan fingerprint density at radius 3 is 3.00 bits per heavy atom. The van der Waals surface area contributed by atoms with Crippen LogP contribution in [-0.2, 0) is 9.53 Å². The van der Waals surface area contributed by atoms with Gasteiger partial charge in [0.15, 0.2) is 0 Å². The fraction of sp³-hybridized carbons (Fsp3) is 0.533. The summed E-state index contributed by atoms with van der Waals surface area (Å²) in [7, 11) is 1.69. The van der Waals surface area contributed by atoms with E-state index in [0.717, 1.165) is 19.4 Å². The fourth-order valence-corrected chi connectivity index (χ4v) is 2.38. The number of likely N-dealkylation sites (tertiary alicyclic amines) is 1. The molecule has 1 aliphatic rings. The first kappa shape index (κ1) is 14.7. The summed E-state index contributed by atoms with van der Waals surface area (Å²) in [6.45, 7) is 1.84. The van der Waals surface area contributed by atoms with Crippen molar-refractivity contribution in [2.45, 2.75) is 25.4 Å². The van der Waals surface area contributed by atoms with Gasteiger partial charge in [-0.25, -0.2) is 0 Å². The highest BCUT2D eigenvalue weighted by Gasteiger charge is 2.23. The molecular formula is C15H22N2O3. The molecule has 2 rings (SSSR count). The average molecular weight is 278 g/mol. The number of ether oxygens (including phenoxy) is 2. The second-order valence-electron chi connectivity index (χ2n) is 4.98. The third-order valence-electron chi connectivity index (χ3n) is 3.56. The first-order chi connectivity index (χ1) is 9.70. The molecule has 1 amide bonds. The molecule has 1 aliphatic heterocycles. The molecule has 5 heteroatoms. The Bertz CT molecular complexity index is 450. The minimum Gasteiger partial charge on any atom is -0.491 e. The number of nitrogen functional groups attached to an aromatic ring is 1. The van der Waals surface area contributed by atoms with Crippen LogP contribution in [0.5, 0.6) is 5.75 Å². The largest absolute Gasteiger partial charge is 0.491 e. The van der Waals surface area contributed by atoms with E-state index in [-0.39, 0.29) is 12.0 Å². The van der Waals surface area contributed by atoms with Gasteiger partial charge in [0.1, 0.15) is 5.75 Å². The lowest BCUT2D eigenvalue weighted by Gasteiger charge is -2.32. The maximum absolute atomic E-state index is 12.1. The summed E-state index contributed by atoms with van der Waals surface area (Å²) in [5.41, 5.74) is 6.37. The van der Waals surface area contributed by atoms with Crippen LogP contribution < -0.4 is 10.5 Å². The van der Waals surface area contributed by atoms with Crippen LogP contribution in [0.2, 0.25) is 0 Å². The van der Waals surface area contributed by atoms with Crippen LogP contribution in [0.1, 0.15) is 19.3 Å². The van der Waals surface area contributed by atoms with E-state index < -0.39 is 0 Å². The van der Waals surface area contributed by atoms with Gasteiger partial charge in [0.05, 0.1) is 24.8 Å². The van der Waals surface area contributed by atoms with Crippen molar-refractivity contribution in [1.29, 1.82) is 0 Å². The van der Waals surface area contributed by atoms with Gasteiger partial charge >= 0.3 is 0 Å². The monoisotopic (exact) mass is 278 g/mol. The second kappa shape index (κ2) is 7.14. The van der Waals surface area contributed by atoms with Crippen LogP contribution >= 0.6 is 0 Å². The molecule has 1 saturated heterocycles. The van der Waals surface area contributed by atoms with E-state index >= 15 is 0 Å². The van der Waals surface area contributed by atoms with Crippen molar-refractivity contribution in [3.63, 3.8) is 0 Å². The van der Waals surface area contributed by atoms with Gasteiger partial charge in [0, 0.05) is 20.2 Å². The van der Waals surface area contributed by atoms with E-state index in [1.165, 1.54) is 0 Å². The standard InChI is InChI=1S/C15H22N2O3/c1-19-12-5-4-9-17(11-12)15(18)8-10-20-14-7-3-2-6-13(14)16/h2-3,6-7,12H,4-5,8-11,16H2,1H3. The van der Waals surface area contributed by atoms with E-state index in [2.05, 4.69) is 0 Å². The molecule has 0 aliphatic carbocycles. The maximum atomic E-state index is 12.1. The van der Waals surface area contributed by atoms with E-state index in [1.54, 1.807) is 13.2 Å². The zero-order valence-corrected chi connectivity index (χ0v) is 11.9. The summed E-state index contributed by atoms with van der Waals surface area (Å²) in [4.78, 5) is 14.0. The van der Waals surface area contributed by atoms with Crippen molar-refractivity contribution >= 4 is 11.6 Å². The fourth-order valence-electron chi connectivity index (χ4n) is 2.38. The Labute approximate surface area is 119 Å². The highest BCUT2D eigenvalue weighted by molar-refractivity contribution is 5.76. The molecule has 1 aromatic rings. The molecule has 0 bridgehead atoms. The SMILES string of the molecule is COC1CCCN(C(=O)CCOc2ccccc2N)C1. The quantitative estimate of drug-likeness (QED) is 0.832. The minimum absolute atomic E-state index is 0.112. The number of para-hydroxylation sites is 2. The molecule has 5 nitrogen and oxygen atoms in total. The summed E-state index contributed by atoms with van der Waals surface area (Å²) < 4.78 is 10.9. The number of methoxy groups -OCH3 is 1. The zero-order valence-electron chi connectivity index (χ0n) is 11.9. The van der Waals surface area contributed by atoms with Gasteiger partial charge in [-0.15, -0.1) is 0 Å². The van der Waals surface area contributed by atoms with E-state index in [0.29, 0.717) is 31.0 Å².